The Labute approximate surface area is 144 Å². The van der Waals surface area contributed by atoms with Gasteiger partial charge in [0.25, 0.3) is 0 Å². The van der Waals surface area contributed by atoms with E-state index in [1.807, 2.05) is 12.1 Å². The Bertz CT molecular complexity index is 598. The molecule has 0 spiro atoms. The predicted octanol–water partition coefficient (Wildman–Crippen LogP) is 3.30. The molecule has 1 saturated heterocycles. The lowest BCUT2D eigenvalue weighted by Crippen LogP contribution is -2.36. The molecule has 0 unspecified atom stereocenters. The van der Waals surface area contributed by atoms with E-state index in [0.29, 0.717) is 6.01 Å². The van der Waals surface area contributed by atoms with Crippen molar-refractivity contribution in [3.63, 3.8) is 0 Å². The van der Waals surface area contributed by atoms with Gasteiger partial charge in [0, 0.05) is 25.5 Å². The summed E-state index contributed by atoms with van der Waals surface area (Å²) in [6.45, 7) is 4.97. The second kappa shape index (κ2) is 8.38. The van der Waals surface area contributed by atoms with E-state index in [0.717, 1.165) is 55.9 Å². The minimum absolute atomic E-state index is 0.355. The standard InChI is InChI=1S/C17H20BrN3O2/c18-15-12-19-17(20-13-15)23-16-5-3-14(4-6-16)2-1-7-21-8-10-22-11-9-21/h3-6,12-13H,1-2,7-11H2. The predicted molar refractivity (Wildman–Crippen MR) is 91.8 cm³/mol. The summed E-state index contributed by atoms with van der Waals surface area (Å²) in [5.41, 5.74) is 1.32. The first-order chi connectivity index (χ1) is 11.3. The van der Waals surface area contributed by atoms with Gasteiger partial charge in [-0.05, 0) is 53.0 Å². The van der Waals surface area contributed by atoms with E-state index in [-0.39, 0.29) is 0 Å². The Kier molecular flexibility index (Phi) is 5.96. The zero-order chi connectivity index (χ0) is 15.9. The molecule has 0 N–H and O–H groups in total. The Balaban J connectivity index is 1.45. The summed E-state index contributed by atoms with van der Waals surface area (Å²) >= 11 is 3.30. The zero-order valence-corrected chi connectivity index (χ0v) is 14.5. The maximum atomic E-state index is 5.62. The summed E-state index contributed by atoms with van der Waals surface area (Å²) in [4.78, 5) is 10.7. The third kappa shape index (κ3) is 5.27. The summed E-state index contributed by atoms with van der Waals surface area (Å²) in [6, 6.07) is 8.50. The van der Waals surface area contributed by atoms with Crippen LogP contribution in [0.2, 0.25) is 0 Å². The maximum absolute atomic E-state index is 5.62. The van der Waals surface area contributed by atoms with Crippen LogP contribution in [0.5, 0.6) is 11.8 Å². The highest BCUT2D eigenvalue weighted by Gasteiger charge is 2.09. The molecule has 2 aromatic rings. The Morgan fingerprint density at radius 2 is 1.78 bits per heavy atom. The minimum atomic E-state index is 0.355. The van der Waals surface area contributed by atoms with E-state index < -0.39 is 0 Å². The number of rotatable bonds is 6. The van der Waals surface area contributed by atoms with Crippen LogP contribution in [-0.2, 0) is 11.2 Å². The van der Waals surface area contributed by atoms with Gasteiger partial charge in [0.15, 0.2) is 0 Å². The highest BCUT2D eigenvalue weighted by Crippen LogP contribution is 2.19. The molecule has 0 amide bonds. The molecule has 0 radical (unpaired) electrons. The summed E-state index contributed by atoms with van der Waals surface area (Å²) in [7, 11) is 0. The number of hydrogen-bond acceptors (Lipinski definition) is 5. The zero-order valence-electron chi connectivity index (χ0n) is 12.9. The smallest absolute Gasteiger partial charge is 0.321 e. The summed E-state index contributed by atoms with van der Waals surface area (Å²) in [5, 5.41) is 0. The molecular weight excluding hydrogens is 358 g/mol. The van der Waals surface area contributed by atoms with Crippen molar-refractivity contribution in [2.24, 2.45) is 0 Å². The number of aryl methyl sites for hydroxylation is 1. The van der Waals surface area contributed by atoms with Gasteiger partial charge in [0.2, 0.25) is 0 Å². The average molecular weight is 378 g/mol. The number of hydrogen-bond donors (Lipinski definition) is 0. The van der Waals surface area contributed by atoms with Crippen LogP contribution in [0.4, 0.5) is 0 Å². The van der Waals surface area contributed by atoms with Crippen LogP contribution in [0, 0.1) is 0 Å². The molecular formula is C17H20BrN3O2. The SMILES string of the molecule is Brc1cnc(Oc2ccc(CCCN3CCOCC3)cc2)nc1. The van der Waals surface area contributed by atoms with Gasteiger partial charge in [-0.1, -0.05) is 12.1 Å². The monoisotopic (exact) mass is 377 g/mol. The lowest BCUT2D eigenvalue weighted by Gasteiger charge is -2.26. The van der Waals surface area contributed by atoms with Crippen LogP contribution in [0.25, 0.3) is 0 Å². The van der Waals surface area contributed by atoms with Gasteiger partial charge in [-0.3, -0.25) is 4.90 Å². The fourth-order valence-corrected chi connectivity index (χ4v) is 2.72. The van der Waals surface area contributed by atoms with E-state index >= 15 is 0 Å². The first kappa shape index (κ1) is 16.4. The molecule has 0 bridgehead atoms. The van der Waals surface area contributed by atoms with E-state index in [1.165, 1.54) is 5.56 Å². The summed E-state index contributed by atoms with van der Waals surface area (Å²) in [6.07, 6.45) is 5.58. The summed E-state index contributed by atoms with van der Waals surface area (Å²) < 4.78 is 11.8. The molecule has 1 aliphatic heterocycles. The maximum Gasteiger partial charge on any atom is 0.321 e. The van der Waals surface area contributed by atoms with Crippen molar-refractivity contribution in [2.75, 3.05) is 32.8 Å². The lowest BCUT2D eigenvalue weighted by atomic mass is 10.1. The molecule has 1 aliphatic rings. The molecule has 6 heteroatoms. The topological polar surface area (TPSA) is 47.5 Å². The number of benzene rings is 1. The molecule has 0 saturated carbocycles. The van der Waals surface area contributed by atoms with Crippen LogP contribution in [0.15, 0.2) is 41.1 Å². The first-order valence-corrected chi connectivity index (χ1v) is 8.63. The van der Waals surface area contributed by atoms with Crippen molar-refractivity contribution in [1.82, 2.24) is 14.9 Å². The number of nitrogens with zero attached hydrogens (tertiary/aromatic N) is 3. The molecule has 3 rings (SSSR count). The van der Waals surface area contributed by atoms with Gasteiger partial charge < -0.3 is 9.47 Å². The lowest BCUT2D eigenvalue weighted by molar-refractivity contribution is 0.0374. The van der Waals surface area contributed by atoms with E-state index in [2.05, 4.69) is 42.9 Å². The van der Waals surface area contributed by atoms with Crippen molar-refractivity contribution in [3.05, 3.63) is 46.7 Å². The second-order valence-corrected chi connectivity index (χ2v) is 6.40. The van der Waals surface area contributed by atoms with Crippen LogP contribution >= 0.6 is 15.9 Å². The number of morpholine rings is 1. The fourth-order valence-electron chi connectivity index (χ4n) is 2.51. The summed E-state index contributed by atoms with van der Waals surface area (Å²) in [5.74, 6) is 0.754. The molecule has 1 fully saturated rings. The first-order valence-electron chi connectivity index (χ1n) is 7.84. The third-order valence-electron chi connectivity index (χ3n) is 3.77. The second-order valence-electron chi connectivity index (χ2n) is 5.49. The molecule has 0 aliphatic carbocycles. The Morgan fingerprint density at radius 3 is 2.48 bits per heavy atom. The molecule has 122 valence electrons. The van der Waals surface area contributed by atoms with Crippen molar-refractivity contribution < 1.29 is 9.47 Å². The van der Waals surface area contributed by atoms with Gasteiger partial charge in [0.1, 0.15) is 5.75 Å². The van der Waals surface area contributed by atoms with Gasteiger partial charge in [-0.2, -0.15) is 0 Å². The average Bonchev–Trinajstić information content (AvgIpc) is 2.59. The molecule has 1 aromatic heterocycles. The van der Waals surface area contributed by atoms with Crippen molar-refractivity contribution >= 4 is 15.9 Å². The van der Waals surface area contributed by atoms with Crippen LogP contribution in [-0.4, -0.2) is 47.7 Å². The van der Waals surface area contributed by atoms with Gasteiger partial charge in [-0.15, -0.1) is 0 Å². The van der Waals surface area contributed by atoms with Crippen LogP contribution < -0.4 is 4.74 Å². The highest BCUT2D eigenvalue weighted by molar-refractivity contribution is 9.10. The van der Waals surface area contributed by atoms with E-state index in [4.69, 9.17) is 9.47 Å². The van der Waals surface area contributed by atoms with Crippen LogP contribution in [0.1, 0.15) is 12.0 Å². The van der Waals surface area contributed by atoms with E-state index in [1.54, 1.807) is 12.4 Å². The molecule has 5 nitrogen and oxygen atoms in total. The van der Waals surface area contributed by atoms with Crippen molar-refractivity contribution in [2.45, 2.75) is 12.8 Å². The Morgan fingerprint density at radius 1 is 1.09 bits per heavy atom. The van der Waals surface area contributed by atoms with Crippen LogP contribution in [0.3, 0.4) is 0 Å². The van der Waals surface area contributed by atoms with Gasteiger partial charge >= 0.3 is 6.01 Å². The molecule has 23 heavy (non-hydrogen) atoms. The van der Waals surface area contributed by atoms with Crippen molar-refractivity contribution in [3.8, 4) is 11.8 Å². The fraction of sp³-hybridized carbons (Fsp3) is 0.412. The number of ether oxygens (including phenoxy) is 2. The number of halogens is 1. The van der Waals surface area contributed by atoms with Gasteiger partial charge in [-0.25, -0.2) is 9.97 Å². The molecule has 2 heterocycles. The largest absolute Gasteiger partial charge is 0.424 e. The van der Waals surface area contributed by atoms with Crippen molar-refractivity contribution in [1.29, 1.82) is 0 Å². The molecule has 0 atom stereocenters. The van der Waals surface area contributed by atoms with E-state index in [9.17, 15) is 0 Å². The molecule has 1 aromatic carbocycles. The Hall–Kier alpha value is -1.50. The normalized spacial score (nSPS) is 15.5. The third-order valence-corrected chi connectivity index (χ3v) is 4.18. The number of aromatic nitrogens is 2. The minimum Gasteiger partial charge on any atom is -0.424 e. The van der Waals surface area contributed by atoms with Gasteiger partial charge in [0.05, 0.1) is 17.7 Å². The quantitative estimate of drug-likeness (QED) is 0.772. The highest BCUT2D eigenvalue weighted by atomic mass is 79.9.